The van der Waals surface area contributed by atoms with E-state index >= 15 is 0 Å². The Morgan fingerprint density at radius 3 is 2.45 bits per heavy atom. The molecule has 1 spiro atoms. The van der Waals surface area contributed by atoms with Crippen molar-refractivity contribution in [2.45, 2.75) is 44.6 Å². The highest BCUT2D eigenvalue weighted by molar-refractivity contribution is 6.30. The normalized spacial score (nSPS) is 20.4. The van der Waals surface area contributed by atoms with E-state index in [0.29, 0.717) is 13.1 Å². The van der Waals surface area contributed by atoms with Crippen LogP contribution in [0.1, 0.15) is 39.2 Å². The van der Waals surface area contributed by atoms with E-state index in [1.807, 2.05) is 6.07 Å². The molecule has 1 N–H and O–H groups in total. The molecule has 120 valence electrons. The van der Waals surface area contributed by atoms with Crippen LogP contribution in [0.5, 0.6) is 0 Å². The number of rotatable bonds is 0. The molecule has 0 aliphatic carbocycles. The lowest BCUT2D eigenvalue weighted by Gasteiger charge is -2.41. The topological polar surface area (TPSA) is 43.8 Å². The van der Waals surface area contributed by atoms with Crippen molar-refractivity contribution < 1.29 is 9.90 Å². The zero-order valence-electron chi connectivity index (χ0n) is 13.4. The van der Waals surface area contributed by atoms with Gasteiger partial charge in [-0.25, -0.2) is 4.79 Å². The largest absolute Gasteiger partial charge is 0.465 e. The van der Waals surface area contributed by atoms with E-state index in [1.54, 1.807) is 0 Å². The van der Waals surface area contributed by atoms with Crippen LogP contribution in [-0.4, -0.2) is 41.3 Å². The summed E-state index contributed by atoms with van der Waals surface area (Å²) in [5, 5.41) is 9.94. The predicted molar refractivity (Wildman–Crippen MR) is 89.1 cm³/mol. The van der Waals surface area contributed by atoms with Crippen molar-refractivity contribution in [3.05, 3.63) is 28.8 Å². The lowest BCUT2D eigenvalue weighted by molar-refractivity contribution is 0.118. The molecule has 0 radical (unpaired) electrons. The van der Waals surface area contributed by atoms with Crippen molar-refractivity contribution in [1.29, 1.82) is 0 Å². The van der Waals surface area contributed by atoms with Crippen molar-refractivity contribution in [3.63, 3.8) is 0 Å². The van der Waals surface area contributed by atoms with Crippen molar-refractivity contribution in [1.82, 2.24) is 4.90 Å². The van der Waals surface area contributed by atoms with E-state index in [2.05, 4.69) is 37.8 Å². The molecule has 0 atom stereocenters. The van der Waals surface area contributed by atoms with E-state index in [1.165, 1.54) is 16.2 Å². The summed E-state index contributed by atoms with van der Waals surface area (Å²) in [6.07, 6.45) is 0.908. The second-order valence-corrected chi connectivity index (χ2v) is 7.90. The van der Waals surface area contributed by atoms with Crippen LogP contribution < -0.4 is 4.90 Å². The van der Waals surface area contributed by atoms with Gasteiger partial charge in [-0.1, -0.05) is 11.6 Å². The van der Waals surface area contributed by atoms with E-state index in [0.717, 1.165) is 24.4 Å². The number of hydrogen-bond acceptors (Lipinski definition) is 2. The highest BCUT2D eigenvalue weighted by Gasteiger charge is 2.47. The monoisotopic (exact) mass is 322 g/mol. The molecule has 5 heteroatoms. The first-order valence-electron chi connectivity index (χ1n) is 7.78. The van der Waals surface area contributed by atoms with Crippen LogP contribution in [-0.2, 0) is 5.41 Å². The molecule has 4 nitrogen and oxygen atoms in total. The van der Waals surface area contributed by atoms with E-state index in [9.17, 15) is 9.90 Å². The predicted octanol–water partition coefficient (Wildman–Crippen LogP) is 3.97. The Hall–Kier alpha value is -1.42. The molecule has 1 amide bonds. The third-order valence-electron chi connectivity index (χ3n) is 5.08. The van der Waals surface area contributed by atoms with Crippen LogP contribution >= 0.6 is 11.6 Å². The van der Waals surface area contributed by atoms with Gasteiger partial charge in [-0.2, -0.15) is 0 Å². The first-order chi connectivity index (χ1) is 10.2. The number of anilines is 1. The number of benzene rings is 1. The van der Waals surface area contributed by atoms with Gasteiger partial charge in [-0.05, 0) is 57.4 Å². The van der Waals surface area contributed by atoms with Crippen LogP contribution in [0.3, 0.4) is 0 Å². The van der Waals surface area contributed by atoms with Crippen LogP contribution in [0.4, 0.5) is 10.5 Å². The van der Waals surface area contributed by atoms with Crippen LogP contribution in [0, 0.1) is 0 Å². The lowest BCUT2D eigenvalue weighted by atomic mass is 9.74. The summed E-state index contributed by atoms with van der Waals surface area (Å²) in [4.78, 5) is 15.1. The number of piperidine rings is 1. The quantitative estimate of drug-likeness (QED) is 0.786. The number of carbonyl (C=O) groups is 1. The molecule has 1 aromatic rings. The van der Waals surface area contributed by atoms with Crippen LogP contribution in [0.15, 0.2) is 18.2 Å². The highest BCUT2D eigenvalue weighted by atomic mass is 35.5. The number of likely N-dealkylation sites (tertiary alicyclic amines) is 1. The molecule has 2 aliphatic heterocycles. The molecular weight excluding hydrogens is 300 g/mol. The number of carboxylic acid groups (broad SMARTS) is 1. The van der Waals surface area contributed by atoms with Gasteiger partial charge in [0.1, 0.15) is 0 Å². The molecule has 0 bridgehead atoms. The number of fused-ring (bicyclic) bond motifs is 2. The zero-order chi connectivity index (χ0) is 16.1. The van der Waals surface area contributed by atoms with Crippen molar-refractivity contribution in [2.75, 3.05) is 24.5 Å². The molecule has 0 unspecified atom stereocenters. The summed E-state index contributed by atoms with van der Waals surface area (Å²) < 4.78 is 0. The summed E-state index contributed by atoms with van der Waals surface area (Å²) in [5.41, 5.74) is 2.61. The summed E-state index contributed by atoms with van der Waals surface area (Å²) in [6, 6.07) is 6.14. The first-order valence-corrected chi connectivity index (χ1v) is 8.16. The average Bonchev–Trinajstić information content (AvgIpc) is 2.74. The minimum atomic E-state index is -0.813. The summed E-state index contributed by atoms with van der Waals surface area (Å²) >= 11 is 6.24. The number of halogens is 1. The third kappa shape index (κ3) is 2.43. The highest BCUT2D eigenvalue weighted by Crippen LogP contribution is 2.49. The second kappa shape index (κ2) is 5.05. The SMILES string of the molecule is CC(C)(C)N1CC2(CCN(C(=O)O)CC2)c2cc(Cl)ccc21. The van der Waals surface area contributed by atoms with Gasteiger partial charge < -0.3 is 14.9 Å². The zero-order valence-corrected chi connectivity index (χ0v) is 14.2. The van der Waals surface area contributed by atoms with Gasteiger partial charge in [-0.3, -0.25) is 0 Å². The molecular formula is C17H23ClN2O2. The standard InChI is InChI=1S/C17H23ClN2O2/c1-16(2,3)20-11-17(6-8-19(9-7-17)15(21)22)13-10-12(18)4-5-14(13)20/h4-5,10H,6-9,11H2,1-3H3,(H,21,22). The first kappa shape index (κ1) is 15.5. The Kier molecular flexibility index (Phi) is 3.55. The molecule has 1 aromatic carbocycles. The van der Waals surface area contributed by atoms with Gasteiger partial charge >= 0.3 is 6.09 Å². The Labute approximate surface area is 136 Å². The lowest BCUT2D eigenvalue weighted by Crippen LogP contribution is -2.49. The van der Waals surface area contributed by atoms with E-state index < -0.39 is 6.09 Å². The van der Waals surface area contributed by atoms with E-state index in [-0.39, 0.29) is 11.0 Å². The van der Waals surface area contributed by atoms with Gasteiger partial charge in [-0.15, -0.1) is 0 Å². The summed E-state index contributed by atoms with van der Waals surface area (Å²) in [5.74, 6) is 0. The number of amides is 1. The Balaban J connectivity index is 1.98. The minimum Gasteiger partial charge on any atom is -0.465 e. The van der Waals surface area contributed by atoms with Crippen LogP contribution in [0.25, 0.3) is 0 Å². The molecule has 2 aliphatic rings. The van der Waals surface area contributed by atoms with Gasteiger partial charge in [0.05, 0.1) is 0 Å². The van der Waals surface area contributed by atoms with Gasteiger partial charge in [0.25, 0.3) is 0 Å². The summed E-state index contributed by atoms with van der Waals surface area (Å²) in [6.45, 7) is 8.79. The minimum absolute atomic E-state index is 0.0272. The molecule has 3 rings (SSSR count). The fourth-order valence-electron chi connectivity index (χ4n) is 3.79. The molecule has 0 saturated carbocycles. The Morgan fingerprint density at radius 1 is 1.27 bits per heavy atom. The fourth-order valence-corrected chi connectivity index (χ4v) is 3.97. The van der Waals surface area contributed by atoms with Gasteiger partial charge in [0, 0.05) is 41.3 Å². The maximum atomic E-state index is 11.2. The van der Waals surface area contributed by atoms with Crippen LogP contribution in [0.2, 0.25) is 5.02 Å². The summed E-state index contributed by atoms with van der Waals surface area (Å²) in [7, 11) is 0. The van der Waals surface area contributed by atoms with E-state index in [4.69, 9.17) is 11.6 Å². The fraction of sp³-hybridized carbons (Fsp3) is 0.588. The smallest absolute Gasteiger partial charge is 0.407 e. The van der Waals surface area contributed by atoms with Crippen molar-refractivity contribution in [3.8, 4) is 0 Å². The Morgan fingerprint density at radius 2 is 1.91 bits per heavy atom. The van der Waals surface area contributed by atoms with Crippen molar-refractivity contribution >= 4 is 23.4 Å². The van der Waals surface area contributed by atoms with Gasteiger partial charge in [0.15, 0.2) is 0 Å². The maximum Gasteiger partial charge on any atom is 0.407 e. The molecule has 0 aromatic heterocycles. The third-order valence-corrected chi connectivity index (χ3v) is 5.32. The average molecular weight is 323 g/mol. The molecule has 2 heterocycles. The molecule has 1 fully saturated rings. The number of nitrogens with zero attached hydrogens (tertiary/aromatic N) is 2. The number of hydrogen-bond donors (Lipinski definition) is 1. The molecule has 1 saturated heterocycles. The van der Waals surface area contributed by atoms with Crippen molar-refractivity contribution in [2.24, 2.45) is 0 Å². The van der Waals surface area contributed by atoms with Gasteiger partial charge in [0.2, 0.25) is 0 Å². The molecule has 22 heavy (non-hydrogen) atoms. The second-order valence-electron chi connectivity index (χ2n) is 7.47. The maximum absolute atomic E-state index is 11.2. The Bertz CT molecular complexity index is 601.